The zero-order valence-electron chi connectivity index (χ0n) is 12.8. The molecule has 5 heteroatoms. The van der Waals surface area contributed by atoms with Gasteiger partial charge in [-0.05, 0) is 49.0 Å². The van der Waals surface area contributed by atoms with Gasteiger partial charge in [-0.15, -0.1) is 0 Å². The van der Waals surface area contributed by atoms with E-state index in [0.29, 0.717) is 13.2 Å². The fraction of sp³-hybridized carbons (Fsp3) is 0.294. The lowest BCUT2D eigenvalue weighted by Crippen LogP contribution is -2.10. The third kappa shape index (κ3) is 4.93. The van der Waals surface area contributed by atoms with E-state index in [2.05, 4.69) is 21.2 Å². The number of halogens is 1. The van der Waals surface area contributed by atoms with Gasteiger partial charge in [0.05, 0.1) is 7.11 Å². The molecule has 118 valence electrons. The van der Waals surface area contributed by atoms with Crippen LogP contribution in [0.25, 0.3) is 0 Å². The Balaban J connectivity index is 1.87. The highest BCUT2D eigenvalue weighted by molar-refractivity contribution is 9.10. The van der Waals surface area contributed by atoms with Crippen molar-refractivity contribution in [3.8, 4) is 17.2 Å². The first-order valence-corrected chi connectivity index (χ1v) is 7.85. The van der Waals surface area contributed by atoms with Gasteiger partial charge >= 0.3 is 0 Å². The lowest BCUT2D eigenvalue weighted by molar-refractivity contribution is 0.211. The Hall–Kier alpha value is -1.72. The maximum atomic E-state index is 5.77. The van der Waals surface area contributed by atoms with E-state index in [1.54, 1.807) is 7.11 Å². The SMILES string of the molecule is CNCc1ccc(OC)c(OCCOc2ccc(Br)cc2)c1. The second-order valence-electron chi connectivity index (χ2n) is 4.67. The predicted octanol–water partition coefficient (Wildman–Crippen LogP) is 3.63. The number of nitrogens with one attached hydrogen (secondary N) is 1. The van der Waals surface area contributed by atoms with Gasteiger partial charge in [-0.25, -0.2) is 0 Å². The average molecular weight is 366 g/mol. The molecule has 0 heterocycles. The molecule has 0 fully saturated rings. The first-order valence-electron chi connectivity index (χ1n) is 7.05. The molecule has 0 radical (unpaired) electrons. The van der Waals surface area contributed by atoms with E-state index in [4.69, 9.17) is 14.2 Å². The standard InChI is InChI=1S/C17H20BrNO3/c1-19-12-13-3-8-16(20-2)17(11-13)22-10-9-21-15-6-4-14(18)5-7-15/h3-8,11,19H,9-10,12H2,1-2H3. The van der Waals surface area contributed by atoms with Crippen LogP contribution in [0.5, 0.6) is 17.2 Å². The molecular weight excluding hydrogens is 346 g/mol. The van der Waals surface area contributed by atoms with E-state index in [9.17, 15) is 0 Å². The summed E-state index contributed by atoms with van der Waals surface area (Å²) in [5.74, 6) is 2.28. The number of hydrogen-bond donors (Lipinski definition) is 1. The van der Waals surface area contributed by atoms with E-state index >= 15 is 0 Å². The van der Waals surface area contributed by atoms with Crippen LogP contribution in [0.15, 0.2) is 46.9 Å². The van der Waals surface area contributed by atoms with Crippen molar-refractivity contribution in [3.63, 3.8) is 0 Å². The highest BCUT2D eigenvalue weighted by Crippen LogP contribution is 2.28. The molecule has 0 aromatic heterocycles. The fourth-order valence-electron chi connectivity index (χ4n) is 1.99. The van der Waals surface area contributed by atoms with E-state index in [1.807, 2.05) is 49.5 Å². The average Bonchev–Trinajstić information content (AvgIpc) is 2.54. The van der Waals surface area contributed by atoms with Gasteiger partial charge in [0, 0.05) is 11.0 Å². The lowest BCUT2D eigenvalue weighted by Gasteiger charge is -2.13. The molecule has 0 aliphatic rings. The van der Waals surface area contributed by atoms with Crippen molar-refractivity contribution in [2.75, 3.05) is 27.4 Å². The van der Waals surface area contributed by atoms with Crippen molar-refractivity contribution in [1.29, 1.82) is 0 Å². The summed E-state index contributed by atoms with van der Waals surface area (Å²) in [7, 11) is 3.55. The van der Waals surface area contributed by atoms with Gasteiger partial charge in [0.15, 0.2) is 11.5 Å². The molecule has 0 amide bonds. The van der Waals surface area contributed by atoms with Crippen LogP contribution in [-0.2, 0) is 6.54 Å². The number of rotatable bonds is 8. The van der Waals surface area contributed by atoms with E-state index in [0.717, 1.165) is 33.8 Å². The summed E-state index contributed by atoms with van der Waals surface area (Å²) in [6, 6.07) is 13.6. The van der Waals surface area contributed by atoms with Crippen LogP contribution in [0, 0.1) is 0 Å². The Morgan fingerprint density at radius 1 is 0.955 bits per heavy atom. The Labute approximate surface area is 139 Å². The molecule has 1 N–H and O–H groups in total. The third-order valence-corrected chi connectivity index (χ3v) is 3.56. The summed E-state index contributed by atoms with van der Waals surface area (Å²) < 4.78 is 17.8. The maximum absolute atomic E-state index is 5.77. The molecular formula is C17H20BrNO3. The minimum atomic E-state index is 0.454. The molecule has 2 rings (SSSR count). The topological polar surface area (TPSA) is 39.7 Å². The maximum Gasteiger partial charge on any atom is 0.161 e. The molecule has 22 heavy (non-hydrogen) atoms. The summed E-state index contributed by atoms with van der Waals surface area (Å²) in [6.45, 7) is 1.71. The minimum absolute atomic E-state index is 0.454. The summed E-state index contributed by atoms with van der Waals surface area (Å²) in [5.41, 5.74) is 1.15. The van der Waals surface area contributed by atoms with E-state index in [-0.39, 0.29) is 0 Å². The van der Waals surface area contributed by atoms with E-state index in [1.165, 1.54) is 0 Å². The zero-order chi connectivity index (χ0) is 15.8. The smallest absolute Gasteiger partial charge is 0.161 e. The van der Waals surface area contributed by atoms with Crippen molar-refractivity contribution in [1.82, 2.24) is 5.32 Å². The van der Waals surface area contributed by atoms with Crippen LogP contribution in [0.4, 0.5) is 0 Å². The van der Waals surface area contributed by atoms with Gasteiger partial charge in [0.2, 0.25) is 0 Å². The molecule has 0 saturated heterocycles. The third-order valence-electron chi connectivity index (χ3n) is 3.03. The van der Waals surface area contributed by atoms with Crippen molar-refractivity contribution < 1.29 is 14.2 Å². The highest BCUT2D eigenvalue weighted by atomic mass is 79.9. The second-order valence-corrected chi connectivity index (χ2v) is 5.58. The van der Waals surface area contributed by atoms with Gasteiger partial charge < -0.3 is 19.5 Å². The monoisotopic (exact) mass is 365 g/mol. The summed E-state index contributed by atoms with van der Waals surface area (Å²) >= 11 is 3.39. The Bertz CT molecular complexity index is 587. The van der Waals surface area contributed by atoms with E-state index < -0.39 is 0 Å². The molecule has 4 nitrogen and oxygen atoms in total. The number of ether oxygens (including phenoxy) is 3. The number of methoxy groups -OCH3 is 1. The van der Waals surface area contributed by atoms with Gasteiger partial charge in [-0.3, -0.25) is 0 Å². The Morgan fingerprint density at radius 2 is 1.68 bits per heavy atom. The van der Waals surface area contributed by atoms with Gasteiger partial charge in [-0.1, -0.05) is 22.0 Å². The Morgan fingerprint density at radius 3 is 2.36 bits per heavy atom. The summed E-state index contributed by atoms with van der Waals surface area (Å²) in [4.78, 5) is 0. The normalized spacial score (nSPS) is 10.3. The first kappa shape index (κ1) is 16.6. The van der Waals surface area contributed by atoms with Crippen LogP contribution in [0.3, 0.4) is 0 Å². The quantitative estimate of drug-likeness (QED) is 0.725. The van der Waals surface area contributed by atoms with Crippen LogP contribution < -0.4 is 19.5 Å². The van der Waals surface area contributed by atoms with Crippen LogP contribution >= 0.6 is 15.9 Å². The molecule has 0 saturated carbocycles. The molecule has 2 aromatic carbocycles. The molecule has 2 aromatic rings. The molecule has 0 aliphatic heterocycles. The first-order chi connectivity index (χ1) is 10.7. The van der Waals surface area contributed by atoms with Crippen molar-refractivity contribution in [2.24, 2.45) is 0 Å². The van der Waals surface area contributed by atoms with Crippen molar-refractivity contribution >= 4 is 15.9 Å². The van der Waals surface area contributed by atoms with Gasteiger partial charge in [-0.2, -0.15) is 0 Å². The molecule has 0 bridgehead atoms. The molecule has 0 unspecified atom stereocenters. The second kappa shape index (κ2) is 8.66. The largest absolute Gasteiger partial charge is 0.493 e. The fourth-order valence-corrected chi connectivity index (χ4v) is 2.25. The van der Waals surface area contributed by atoms with Crippen LogP contribution in [0.2, 0.25) is 0 Å². The van der Waals surface area contributed by atoms with Crippen LogP contribution in [0.1, 0.15) is 5.56 Å². The highest BCUT2D eigenvalue weighted by Gasteiger charge is 2.06. The number of hydrogen-bond acceptors (Lipinski definition) is 4. The molecule has 0 spiro atoms. The summed E-state index contributed by atoms with van der Waals surface area (Å²) in [5, 5.41) is 3.12. The van der Waals surface area contributed by atoms with Crippen molar-refractivity contribution in [3.05, 3.63) is 52.5 Å². The number of benzene rings is 2. The van der Waals surface area contributed by atoms with Gasteiger partial charge in [0.25, 0.3) is 0 Å². The zero-order valence-corrected chi connectivity index (χ0v) is 14.4. The molecule has 0 aliphatic carbocycles. The molecule has 0 atom stereocenters. The van der Waals surface area contributed by atoms with Gasteiger partial charge in [0.1, 0.15) is 19.0 Å². The van der Waals surface area contributed by atoms with Crippen LogP contribution in [-0.4, -0.2) is 27.4 Å². The summed E-state index contributed by atoms with van der Waals surface area (Å²) in [6.07, 6.45) is 0. The lowest BCUT2D eigenvalue weighted by atomic mass is 10.2. The minimum Gasteiger partial charge on any atom is -0.493 e. The Kier molecular flexibility index (Phi) is 6.55. The van der Waals surface area contributed by atoms with Crippen molar-refractivity contribution in [2.45, 2.75) is 6.54 Å². The predicted molar refractivity (Wildman–Crippen MR) is 90.9 cm³/mol.